The van der Waals surface area contributed by atoms with Crippen molar-refractivity contribution in [3.63, 3.8) is 0 Å². The van der Waals surface area contributed by atoms with E-state index >= 15 is 0 Å². The smallest absolute Gasteiger partial charge is 0.192 e. The van der Waals surface area contributed by atoms with Crippen molar-refractivity contribution in [1.29, 1.82) is 0 Å². The van der Waals surface area contributed by atoms with Crippen LogP contribution in [0.2, 0.25) is 18.1 Å². The van der Waals surface area contributed by atoms with Crippen molar-refractivity contribution in [3.05, 3.63) is 108 Å². The Morgan fingerprint density at radius 2 is 1.42 bits per heavy atom. The fourth-order valence-corrected chi connectivity index (χ4v) is 7.52. The van der Waals surface area contributed by atoms with Gasteiger partial charge >= 0.3 is 0 Å². The Hall–Kier alpha value is -4.33. The molecule has 1 aliphatic rings. The quantitative estimate of drug-likeness (QED) is 0.110. The summed E-state index contributed by atoms with van der Waals surface area (Å²) in [6.07, 6.45) is -0.0885. The molecule has 0 spiro atoms. The van der Waals surface area contributed by atoms with Crippen LogP contribution in [0.25, 0.3) is 11.2 Å². The average molecular weight is 698 g/mol. The number of benzene rings is 3. The molecule has 2 aromatic heterocycles. The first kappa shape index (κ1) is 35.5. The fourth-order valence-electron chi connectivity index (χ4n) is 6.23. The maximum Gasteiger partial charge on any atom is 0.192 e. The van der Waals surface area contributed by atoms with Gasteiger partial charge < -0.3 is 33.8 Å². The van der Waals surface area contributed by atoms with Crippen molar-refractivity contribution in [1.82, 2.24) is 19.5 Å². The molecule has 264 valence electrons. The monoisotopic (exact) mass is 697 g/mol. The van der Waals surface area contributed by atoms with Crippen LogP contribution < -0.4 is 14.8 Å². The highest BCUT2D eigenvalue weighted by molar-refractivity contribution is 6.74. The van der Waals surface area contributed by atoms with Gasteiger partial charge in [-0.15, -0.1) is 0 Å². The van der Waals surface area contributed by atoms with Gasteiger partial charge in [0.2, 0.25) is 0 Å². The van der Waals surface area contributed by atoms with Gasteiger partial charge in [0.05, 0.1) is 27.2 Å². The van der Waals surface area contributed by atoms with Crippen LogP contribution in [0.1, 0.15) is 43.7 Å². The molecule has 50 heavy (non-hydrogen) atoms. The Balaban J connectivity index is 1.43. The van der Waals surface area contributed by atoms with E-state index in [4.69, 9.17) is 23.4 Å². The lowest BCUT2D eigenvalue weighted by molar-refractivity contribution is -0.0940. The molecule has 0 saturated carbocycles. The van der Waals surface area contributed by atoms with Gasteiger partial charge in [-0.05, 0) is 59.1 Å². The minimum atomic E-state index is -2.40. The highest BCUT2D eigenvalue weighted by atomic mass is 28.4. The Labute approximate surface area is 294 Å². The molecule has 0 radical (unpaired) electrons. The van der Waals surface area contributed by atoms with Crippen molar-refractivity contribution < 1.29 is 28.5 Å². The summed E-state index contributed by atoms with van der Waals surface area (Å²) in [5, 5.41) is 15.1. The van der Waals surface area contributed by atoms with Crippen molar-refractivity contribution in [2.75, 3.05) is 33.2 Å². The third-order valence-corrected chi connectivity index (χ3v) is 14.5. The van der Waals surface area contributed by atoms with Crippen LogP contribution in [-0.2, 0) is 19.5 Å². The molecule has 1 fully saturated rings. The molecule has 0 amide bonds. The van der Waals surface area contributed by atoms with Gasteiger partial charge in [0.25, 0.3) is 0 Å². The molecule has 11 nitrogen and oxygen atoms in total. The van der Waals surface area contributed by atoms with Crippen LogP contribution >= 0.6 is 0 Å². The zero-order chi connectivity index (χ0) is 35.7. The lowest BCUT2D eigenvalue weighted by Crippen LogP contribution is -2.49. The lowest BCUT2D eigenvalue weighted by atomic mass is 9.80. The summed E-state index contributed by atoms with van der Waals surface area (Å²) in [4.78, 5) is 13.5. The summed E-state index contributed by atoms with van der Waals surface area (Å²) < 4.78 is 33.7. The van der Waals surface area contributed by atoms with Gasteiger partial charge in [0, 0.05) is 7.05 Å². The van der Waals surface area contributed by atoms with E-state index in [0.717, 1.165) is 28.2 Å². The summed E-state index contributed by atoms with van der Waals surface area (Å²) in [6, 6.07) is 25.8. The third kappa shape index (κ3) is 6.49. The second kappa shape index (κ2) is 14.1. The van der Waals surface area contributed by atoms with E-state index in [-0.39, 0.29) is 11.6 Å². The van der Waals surface area contributed by atoms with E-state index in [0.29, 0.717) is 17.0 Å². The summed E-state index contributed by atoms with van der Waals surface area (Å²) in [7, 11) is 2.68. The molecule has 0 aliphatic carbocycles. The first-order valence-electron chi connectivity index (χ1n) is 16.8. The largest absolute Gasteiger partial charge is 0.497 e. The standard InChI is InChI=1S/C38H47N5O6Si/c1-37(2,3)50(7,8)49-33-32(44)30(48-36(33)43-24-42-31-34(39-4)40-23-41-35(31)43)22-47-38(25-12-10-9-11-13-25,26-14-18-28(45-5)19-15-26)27-16-20-29(46-6)21-17-27/h9-21,23-24,30,32-33,36,44H,22H2,1-8H3,(H,39,40,41). The van der Waals surface area contributed by atoms with Gasteiger partial charge in [0.1, 0.15) is 47.3 Å². The SMILES string of the molecule is CNc1ncnc2c1ncn2C1OC(COC(c2ccccc2)(c2ccc(OC)cc2)c2ccc(OC)cc2)C(O)C1O[Si](C)(C)C(C)(C)C. The molecular weight excluding hydrogens is 651 g/mol. The molecular formula is C38H47N5O6Si. The van der Waals surface area contributed by atoms with Crippen LogP contribution in [0, 0.1) is 0 Å². The summed E-state index contributed by atoms with van der Waals surface area (Å²) >= 11 is 0. The molecule has 3 aromatic carbocycles. The van der Waals surface area contributed by atoms with Gasteiger partial charge in [-0.3, -0.25) is 4.57 Å². The second-order valence-corrected chi connectivity index (χ2v) is 18.8. The predicted molar refractivity (Wildman–Crippen MR) is 195 cm³/mol. The Morgan fingerprint density at radius 1 is 0.840 bits per heavy atom. The van der Waals surface area contributed by atoms with Crippen molar-refractivity contribution in [2.24, 2.45) is 0 Å². The highest BCUT2D eigenvalue weighted by Gasteiger charge is 2.52. The number of fused-ring (bicyclic) bond motifs is 1. The zero-order valence-corrected chi connectivity index (χ0v) is 31.0. The fraction of sp³-hybridized carbons (Fsp3) is 0.395. The Morgan fingerprint density at radius 3 is 1.96 bits per heavy atom. The molecule has 4 atom stereocenters. The van der Waals surface area contributed by atoms with Crippen LogP contribution in [0.4, 0.5) is 5.82 Å². The molecule has 3 heterocycles. The molecule has 1 saturated heterocycles. The molecule has 6 rings (SSSR count). The Bertz CT molecular complexity index is 1830. The topological polar surface area (TPSA) is 122 Å². The number of nitrogens with zero attached hydrogens (tertiary/aromatic N) is 4. The van der Waals surface area contributed by atoms with E-state index in [2.05, 4.69) is 54.1 Å². The molecule has 5 aromatic rings. The maximum atomic E-state index is 12.1. The van der Waals surface area contributed by atoms with Crippen molar-refractivity contribution in [2.45, 2.75) is 69.0 Å². The minimum absolute atomic E-state index is 0.0331. The molecule has 2 N–H and O–H groups in total. The number of aromatic nitrogens is 4. The van der Waals surface area contributed by atoms with E-state index in [1.54, 1.807) is 27.6 Å². The minimum Gasteiger partial charge on any atom is -0.497 e. The third-order valence-electron chi connectivity index (χ3n) is 10.1. The Kier molecular flexibility index (Phi) is 10.0. The maximum absolute atomic E-state index is 12.1. The number of rotatable bonds is 12. The summed E-state index contributed by atoms with van der Waals surface area (Å²) in [5.74, 6) is 2.05. The lowest BCUT2D eigenvalue weighted by Gasteiger charge is -2.40. The van der Waals surface area contributed by atoms with E-state index < -0.39 is 38.5 Å². The summed E-state index contributed by atoms with van der Waals surface area (Å²) in [5.41, 5.74) is 2.75. The zero-order valence-electron chi connectivity index (χ0n) is 30.0. The van der Waals surface area contributed by atoms with Crippen LogP contribution in [-0.4, -0.2) is 79.1 Å². The van der Waals surface area contributed by atoms with E-state index in [9.17, 15) is 5.11 Å². The number of aliphatic hydroxyl groups is 1. The number of hydrogen-bond acceptors (Lipinski definition) is 10. The number of hydrogen-bond donors (Lipinski definition) is 2. The first-order valence-corrected chi connectivity index (χ1v) is 19.7. The average Bonchev–Trinajstić information content (AvgIpc) is 3.69. The molecule has 1 aliphatic heterocycles. The number of methoxy groups -OCH3 is 2. The molecule has 4 unspecified atom stereocenters. The van der Waals surface area contributed by atoms with Crippen LogP contribution in [0.3, 0.4) is 0 Å². The number of imidazole rings is 1. The number of aliphatic hydroxyl groups excluding tert-OH is 1. The molecule has 12 heteroatoms. The number of nitrogens with one attached hydrogen (secondary N) is 1. The normalized spacial score (nSPS) is 19.9. The highest BCUT2D eigenvalue weighted by Crippen LogP contribution is 2.45. The van der Waals surface area contributed by atoms with E-state index in [1.165, 1.54) is 6.33 Å². The van der Waals surface area contributed by atoms with Gasteiger partial charge in [-0.1, -0.05) is 75.4 Å². The van der Waals surface area contributed by atoms with Crippen molar-refractivity contribution in [3.8, 4) is 11.5 Å². The van der Waals surface area contributed by atoms with Gasteiger partial charge in [-0.2, -0.15) is 0 Å². The first-order chi connectivity index (χ1) is 23.9. The summed E-state index contributed by atoms with van der Waals surface area (Å²) in [6.45, 7) is 10.9. The second-order valence-electron chi connectivity index (χ2n) is 14.0. The number of anilines is 1. The van der Waals surface area contributed by atoms with Gasteiger partial charge in [-0.25, -0.2) is 15.0 Å². The van der Waals surface area contributed by atoms with Crippen LogP contribution in [0.15, 0.2) is 91.5 Å². The predicted octanol–water partition coefficient (Wildman–Crippen LogP) is 6.54. The van der Waals surface area contributed by atoms with Gasteiger partial charge in [0.15, 0.2) is 26.0 Å². The van der Waals surface area contributed by atoms with Crippen LogP contribution in [0.5, 0.6) is 11.5 Å². The van der Waals surface area contributed by atoms with E-state index in [1.807, 2.05) is 83.4 Å². The number of ether oxygens (including phenoxy) is 4. The molecule has 0 bridgehead atoms. The van der Waals surface area contributed by atoms with Crippen molar-refractivity contribution >= 4 is 25.3 Å².